The fraction of sp³-hybridized carbons (Fsp3) is 0.0714. The number of nitrogens with one attached hydrogen (secondary N) is 2. The van der Waals surface area contributed by atoms with Crippen molar-refractivity contribution in [2.75, 3.05) is 18.1 Å². The maximum Gasteiger partial charge on any atom is 0.318 e. The van der Waals surface area contributed by atoms with Gasteiger partial charge in [0.2, 0.25) is 5.82 Å². The van der Waals surface area contributed by atoms with Crippen LogP contribution in [-0.2, 0) is 0 Å². The Morgan fingerprint density at radius 1 is 1.22 bits per heavy atom. The van der Waals surface area contributed by atoms with Gasteiger partial charge in [0.15, 0.2) is 0 Å². The van der Waals surface area contributed by atoms with Crippen LogP contribution in [0.2, 0.25) is 0 Å². The molecule has 0 aliphatic heterocycles. The van der Waals surface area contributed by atoms with Crippen LogP contribution in [-0.4, -0.2) is 33.2 Å². The lowest BCUT2D eigenvalue weighted by molar-refractivity contribution is 0.254. The van der Waals surface area contributed by atoms with E-state index in [0.29, 0.717) is 34.5 Å². The molecule has 4 N–H and O–H groups in total. The first-order valence-corrected chi connectivity index (χ1v) is 6.66. The molecule has 23 heavy (non-hydrogen) atoms. The van der Waals surface area contributed by atoms with E-state index in [1.165, 1.54) is 6.33 Å². The molecule has 9 nitrogen and oxygen atoms in total. The molecular weight excluding hydrogens is 298 g/mol. The first-order valence-electron chi connectivity index (χ1n) is 6.66. The second-order valence-electron chi connectivity index (χ2n) is 4.53. The van der Waals surface area contributed by atoms with E-state index in [2.05, 4.69) is 30.7 Å². The number of nitrogens with two attached hydrogens (primary N) is 1. The summed E-state index contributed by atoms with van der Waals surface area (Å²) in [7, 11) is 1.55. The lowest BCUT2D eigenvalue weighted by atomic mass is 10.2. The Balaban J connectivity index is 1.81. The Kier molecular flexibility index (Phi) is 3.83. The number of urea groups is 1. The van der Waals surface area contributed by atoms with E-state index in [1.807, 2.05) is 0 Å². The molecule has 0 aliphatic carbocycles. The highest BCUT2D eigenvalue weighted by Gasteiger charge is 2.12. The third kappa shape index (κ3) is 3.23. The van der Waals surface area contributed by atoms with Gasteiger partial charge in [-0.25, -0.2) is 14.8 Å². The van der Waals surface area contributed by atoms with Gasteiger partial charge in [-0.15, -0.1) is 0 Å². The Bertz CT molecular complexity index is 829. The van der Waals surface area contributed by atoms with Crippen molar-refractivity contribution < 1.29 is 9.32 Å². The van der Waals surface area contributed by atoms with E-state index < -0.39 is 0 Å². The van der Waals surface area contributed by atoms with E-state index in [9.17, 15) is 4.79 Å². The number of hydrogen-bond acceptors (Lipinski definition) is 7. The minimum Gasteiger partial charge on any atom is -0.384 e. The molecule has 0 radical (unpaired) electrons. The SMILES string of the molecule is CNC(=O)Nc1ccc(-c2nc(-c3cc(N)ncn3)no2)cc1. The summed E-state index contributed by atoms with van der Waals surface area (Å²) in [4.78, 5) is 23.4. The molecule has 3 aromatic rings. The number of carbonyl (C=O) groups excluding carboxylic acids is 1. The summed E-state index contributed by atoms with van der Waals surface area (Å²) in [6.45, 7) is 0. The van der Waals surface area contributed by atoms with Crippen LogP contribution < -0.4 is 16.4 Å². The van der Waals surface area contributed by atoms with Crippen LogP contribution >= 0.6 is 0 Å². The molecule has 2 amide bonds. The van der Waals surface area contributed by atoms with Gasteiger partial charge in [0, 0.05) is 24.4 Å². The number of nitrogen functional groups attached to an aromatic ring is 1. The predicted molar refractivity (Wildman–Crippen MR) is 83.3 cm³/mol. The van der Waals surface area contributed by atoms with Crippen LogP contribution in [0.25, 0.3) is 23.0 Å². The standard InChI is InChI=1S/C14H13N7O2/c1-16-14(22)19-9-4-2-8(3-5-9)13-20-12(21-23-13)10-6-11(15)18-7-17-10/h2-7H,1H3,(H2,15,17,18)(H2,16,19,22). The monoisotopic (exact) mass is 311 g/mol. The highest BCUT2D eigenvalue weighted by atomic mass is 16.5. The van der Waals surface area contributed by atoms with Crippen molar-refractivity contribution in [1.29, 1.82) is 0 Å². The van der Waals surface area contributed by atoms with Gasteiger partial charge in [0.25, 0.3) is 5.89 Å². The number of anilines is 2. The maximum atomic E-state index is 11.2. The molecule has 0 saturated carbocycles. The Morgan fingerprint density at radius 3 is 2.70 bits per heavy atom. The fourth-order valence-electron chi connectivity index (χ4n) is 1.83. The first-order chi connectivity index (χ1) is 11.2. The third-order valence-electron chi connectivity index (χ3n) is 2.96. The third-order valence-corrected chi connectivity index (χ3v) is 2.96. The fourth-order valence-corrected chi connectivity index (χ4v) is 1.83. The zero-order valence-electron chi connectivity index (χ0n) is 12.1. The minimum atomic E-state index is -0.292. The highest BCUT2D eigenvalue weighted by molar-refractivity contribution is 5.89. The van der Waals surface area contributed by atoms with Gasteiger partial charge < -0.3 is 20.9 Å². The Morgan fingerprint density at radius 2 is 2.00 bits per heavy atom. The van der Waals surface area contributed by atoms with E-state index in [0.717, 1.165) is 0 Å². The number of amides is 2. The molecule has 3 rings (SSSR count). The summed E-state index contributed by atoms with van der Waals surface area (Å²) < 4.78 is 5.23. The number of rotatable bonds is 3. The lowest BCUT2D eigenvalue weighted by Crippen LogP contribution is -2.24. The van der Waals surface area contributed by atoms with Gasteiger partial charge in [0.05, 0.1) is 0 Å². The Labute approximate surface area is 131 Å². The quantitative estimate of drug-likeness (QED) is 0.668. The van der Waals surface area contributed by atoms with Crippen molar-refractivity contribution in [2.45, 2.75) is 0 Å². The molecule has 0 saturated heterocycles. The van der Waals surface area contributed by atoms with Crippen molar-refractivity contribution in [3.8, 4) is 23.0 Å². The average Bonchev–Trinajstić information content (AvgIpc) is 3.05. The normalized spacial score (nSPS) is 10.3. The van der Waals surface area contributed by atoms with E-state index in [1.54, 1.807) is 37.4 Å². The predicted octanol–water partition coefficient (Wildman–Crippen LogP) is 1.53. The maximum absolute atomic E-state index is 11.2. The van der Waals surface area contributed by atoms with E-state index in [-0.39, 0.29) is 6.03 Å². The molecule has 0 unspecified atom stereocenters. The molecule has 2 heterocycles. The van der Waals surface area contributed by atoms with Crippen LogP contribution in [0.1, 0.15) is 0 Å². The summed E-state index contributed by atoms with van der Waals surface area (Å²) in [5.74, 6) is 0.983. The summed E-state index contributed by atoms with van der Waals surface area (Å²) >= 11 is 0. The largest absolute Gasteiger partial charge is 0.384 e. The molecular formula is C14H13N7O2. The zero-order chi connectivity index (χ0) is 16.2. The number of nitrogens with zero attached hydrogens (tertiary/aromatic N) is 4. The second kappa shape index (κ2) is 6.10. The summed E-state index contributed by atoms with van der Waals surface area (Å²) in [5.41, 5.74) is 7.45. The van der Waals surface area contributed by atoms with Crippen LogP contribution in [0.5, 0.6) is 0 Å². The molecule has 9 heteroatoms. The number of benzene rings is 1. The Hall–Kier alpha value is -3.49. The van der Waals surface area contributed by atoms with Crippen LogP contribution in [0, 0.1) is 0 Å². The second-order valence-corrected chi connectivity index (χ2v) is 4.53. The summed E-state index contributed by atoms with van der Waals surface area (Å²) in [6, 6.07) is 8.26. The van der Waals surface area contributed by atoms with Crippen LogP contribution in [0.3, 0.4) is 0 Å². The summed E-state index contributed by atoms with van der Waals surface area (Å²) in [6.07, 6.45) is 1.33. The van der Waals surface area contributed by atoms with Crippen LogP contribution in [0.4, 0.5) is 16.3 Å². The number of carbonyl (C=O) groups is 1. The van der Waals surface area contributed by atoms with Crippen molar-refractivity contribution in [3.63, 3.8) is 0 Å². The molecule has 0 spiro atoms. The average molecular weight is 311 g/mol. The highest BCUT2D eigenvalue weighted by Crippen LogP contribution is 2.22. The van der Waals surface area contributed by atoms with Gasteiger partial charge in [-0.05, 0) is 24.3 Å². The van der Waals surface area contributed by atoms with Crippen molar-refractivity contribution in [1.82, 2.24) is 25.4 Å². The molecule has 116 valence electrons. The molecule has 0 fully saturated rings. The van der Waals surface area contributed by atoms with Gasteiger partial charge in [-0.2, -0.15) is 4.98 Å². The minimum absolute atomic E-state index is 0.292. The van der Waals surface area contributed by atoms with Gasteiger partial charge in [0.1, 0.15) is 17.8 Å². The molecule has 2 aromatic heterocycles. The van der Waals surface area contributed by atoms with Crippen LogP contribution in [0.15, 0.2) is 41.2 Å². The first kappa shape index (κ1) is 14.4. The smallest absolute Gasteiger partial charge is 0.318 e. The number of hydrogen-bond donors (Lipinski definition) is 3. The van der Waals surface area contributed by atoms with Gasteiger partial charge >= 0.3 is 6.03 Å². The van der Waals surface area contributed by atoms with Gasteiger partial charge in [-0.3, -0.25) is 0 Å². The topological polar surface area (TPSA) is 132 Å². The van der Waals surface area contributed by atoms with Gasteiger partial charge in [-0.1, -0.05) is 5.16 Å². The van der Waals surface area contributed by atoms with Crippen molar-refractivity contribution in [3.05, 3.63) is 36.7 Å². The van der Waals surface area contributed by atoms with Crippen molar-refractivity contribution in [2.24, 2.45) is 0 Å². The number of aromatic nitrogens is 4. The lowest BCUT2D eigenvalue weighted by Gasteiger charge is -2.03. The molecule has 1 aromatic carbocycles. The van der Waals surface area contributed by atoms with Crippen molar-refractivity contribution >= 4 is 17.5 Å². The molecule has 0 aliphatic rings. The molecule has 0 bridgehead atoms. The van der Waals surface area contributed by atoms with E-state index >= 15 is 0 Å². The zero-order valence-corrected chi connectivity index (χ0v) is 12.1. The van der Waals surface area contributed by atoms with E-state index in [4.69, 9.17) is 10.3 Å². The molecule has 0 atom stereocenters. The summed E-state index contributed by atoms with van der Waals surface area (Å²) in [5, 5.41) is 9.01.